The van der Waals surface area contributed by atoms with Gasteiger partial charge in [0.2, 0.25) is 5.91 Å². The van der Waals surface area contributed by atoms with E-state index < -0.39 is 6.04 Å². The molecule has 0 spiro atoms. The molecule has 1 aromatic carbocycles. The van der Waals surface area contributed by atoms with Gasteiger partial charge in [-0.25, -0.2) is 4.68 Å². The fraction of sp³-hybridized carbons (Fsp3) is 0.318. The van der Waals surface area contributed by atoms with Crippen molar-refractivity contribution in [3.63, 3.8) is 0 Å². The molecule has 0 saturated carbocycles. The molecule has 1 amide bonds. The average molecular weight is 390 g/mol. The molecule has 4 aromatic rings. The van der Waals surface area contributed by atoms with Crippen LogP contribution in [-0.2, 0) is 24.2 Å². The van der Waals surface area contributed by atoms with E-state index in [1.165, 1.54) is 10.2 Å². The lowest BCUT2D eigenvalue weighted by atomic mass is 9.99. The summed E-state index contributed by atoms with van der Waals surface area (Å²) in [5.41, 5.74) is 4.10. The third-order valence-electron chi connectivity index (χ3n) is 5.81. The van der Waals surface area contributed by atoms with Crippen LogP contribution in [0.2, 0.25) is 0 Å². The number of benzene rings is 1. The van der Waals surface area contributed by atoms with E-state index in [0.29, 0.717) is 30.6 Å². The van der Waals surface area contributed by atoms with Crippen LogP contribution in [0, 0.1) is 0 Å². The van der Waals surface area contributed by atoms with Gasteiger partial charge >= 0.3 is 0 Å². The van der Waals surface area contributed by atoms with Crippen molar-refractivity contribution in [2.45, 2.75) is 39.3 Å². The van der Waals surface area contributed by atoms with Crippen molar-refractivity contribution in [1.29, 1.82) is 0 Å². The molecule has 0 bridgehead atoms. The standard InChI is InChI=1S/C22H22N4O3/c1-3-20-23-26(22(28)18-12-19-17(25(18)20)9-11-29-19)14(2)21(27)24-10-8-15-6-4-5-7-16(15)13-24/h4-7,9,11-12,14H,3,8,10,13H2,1-2H3/t14-/m0/s1. The Morgan fingerprint density at radius 2 is 2.00 bits per heavy atom. The highest BCUT2D eigenvalue weighted by atomic mass is 16.3. The summed E-state index contributed by atoms with van der Waals surface area (Å²) in [4.78, 5) is 28.2. The summed E-state index contributed by atoms with van der Waals surface area (Å²) in [5, 5.41) is 4.56. The van der Waals surface area contributed by atoms with Crippen molar-refractivity contribution in [1.82, 2.24) is 19.1 Å². The number of aromatic nitrogens is 3. The van der Waals surface area contributed by atoms with Crippen LogP contribution in [0.15, 0.2) is 51.9 Å². The van der Waals surface area contributed by atoms with Crippen molar-refractivity contribution in [2.24, 2.45) is 0 Å². The van der Waals surface area contributed by atoms with Crippen molar-refractivity contribution >= 4 is 22.5 Å². The molecule has 7 heteroatoms. The van der Waals surface area contributed by atoms with Gasteiger partial charge in [-0.05, 0) is 24.5 Å². The summed E-state index contributed by atoms with van der Waals surface area (Å²) in [6.07, 6.45) is 3.05. The minimum atomic E-state index is -0.677. The Bertz CT molecular complexity index is 1300. The van der Waals surface area contributed by atoms with Gasteiger partial charge in [-0.3, -0.25) is 14.0 Å². The number of fused-ring (bicyclic) bond motifs is 4. The predicted octanol–water partition coefficient (Wildman–Crippen LogP) is 2.95. The van der Waals surface area contributed by atoms with Crippen molar-refractivity contribution in [3.8, 4) is 0 Å². The molecular weight excluding hydrogens is 368 g/mol. The molecule has 29 heavy (non-hydrogen) atoms. The molecule has 0 saturated heterocycles. The number of nitrogens with zero attached hydrogens (tertiary/aromatic N) is 4. The van der Waals surface area contributed by atoms with Crippen LogP contribution in [0.4, 0.5) is 0 Å². The molecule has 1 aliphatic heterocycles. The monoisotopic (exact) mass is 390 g/mol. The Hall–Kier alpha value is -3.35. The third-order valence-corrected chi connectivity index (χ3v) is 5.81. The smallest absolute Gasteiger partial charge is 0.291 e. The van der Waals surface area contributed by atoms with E-state index >= 15 is 0 Å². The maximum Gasteiger partial charge on any atom is 0.291 e. The average Bonchev–Trinajstić information content (AvgIpc) is 3.35. The SMILES string of the molecule is CCc1nn([C@@H](C)C(=O)N2CCc3ccccc3C2)c(=O)c2cc3occc3n12. The van der Waals surface area contributed by atoms with Crippen LogP contribution in [-0.4, -0.2) is 31.5 Å². The lowest BCUT2D eigenvalue weighted by molar-refractivity contribution is -0.135. The summed E-state index contributed by atoms with van der Waals surface area (Å²) in [7, 11) is 0. The lowest BCUT2D eigenvalue weighted by Gasteiger charge is -2.31. The maximum absolute atomic E-state index is 13.2. The number of carbonyl (C=O) groups excluding carboxylic acids is 1. The van der Waals surface area contributed by atoms with E-state index in [9.17, 15) is 9.59 Å². The van der Waals surface area contributed by atoms with E-state index in [-0.39, 0.29) is 11.5 Å². The number of hydrogen-bond acceptors (Lipinski definition) is 4. The molecule has 0 fully saturated rings. The summed E-state index contributed by atoms with van der Waals surface area (Å²) in [6, 6.07) is 11.1. The van der Waals surface area contributed by atoms with Gasteiger partial charge in [0.05, 0.1) is 11.8 Å². The van der Waals surface area contributed by atoms with Gasteiger partial charge in [-0.2, -0.15) is 5.10 Å². The number of amides is 1. The zero-order valence-electron chi connectivity index (χ0n) is 16.5. The molecule has 0 aliphatic carbocycles. The maximum atomic E-state index is 13.2. The second kappa shape index (κ2) is 6.62. The number of furan rings is 1. The highest BCUT2D eigenvalue weighted by Gasteiger charge is 2.28. The quantitative estimate of drug-likeness (QED) is 0.539. The van der Waals surface area contributed by atoms with Crippen molar-refractivity contribution in [3.05, 3.63) is 70.0 Å². The summed E-state index contributed by atoms with van der Waals surface area (Å²) in [6.45, 7) is 4.95. The van der Waals surface area contributed by atoms with Crippen molar-refractivity contribution in [2.75, 3.05) is 6.54 Å². The zero-order chi connectivity index (χ0) is 20.1. The van der Waals surface area contributed by atoms with Crippen molar-refractivity contribution < 1.29 is 9.21 Å². The van der Waals surface area contributed by atoms with Crippen LogP contribution in [0.3, 0.4) is 0 Å². The van der Waals surface area contributed by atoms with Gasteiger partial charge in [-0.1, -0.05) is 31.2 Å². The fourth-order valence-corrected chi connectivity index (χ4v) is 4.24. The molecule has 4 heterocycles. The Balaban J connectivity index is 1.54. The molecule has 0 N–H and O–H groups in total. The first-order chi connectivity index (χ1) is 14.1. The van der Waals surface area contributed by atoms with Crippen LogP contribution < -0.4 is 5.56 Å². The Morgan fingerprint density at radius 3 is 2.79 bits per heavy atom. The highest BCUT2D eigenvalue weighted by molar-refractivity contribution is 5.83. The number of rotatable bonds is 3. The summed E-state index contributed by atoms with van der Waals surface area (Å²) in [5.74, 6) is 0.635. The second-order valence-corrected chi connectivity index (χ2v) is 7.51. The first-order valence-electron chi connectivity index (χ1n) is 9.94. The molecule has 5 rings (SSSR count). The summed E-state index contributed by atoms with van der Waals surface area (Å²) < 4.78 is 8.62. The van der Waals surface area contributed by atoms with Gasteiger partial charge in [0.1, 0.15) is 17.4 Å². The molecule has 7 nitrogen and oxygen atoms in total. The number of carbonyl (C=O) groups is 1. The highest BCUT2D eigenvalue weighted by Crippen LogP contribution is 2.23. The Labute approximate surface area is 167 Å². The first-order valence-corrected chi connectivity index (χ1v) is 9.94. The number of hydrogen-bond donors (Lipinski definition) is 0. The molecular formula is C22H22N4O3. The minimum absolute atomic E-state index is 0.0873. The molecule has 0 radical (unpaired) electrons. The number of aryl methyl sites for hydroxylation is 1. The second-order valence-electron chi connectivity index (χ2n) is 7.51. The van der Waals surface area contributed by atoms with E-state index in [0.717, 1.165) is 23.3 Å². The largest absolute Gasteiger partial charge is 0.463 e. The van der Waals surface area contributed by atoms with Gasteiger partial charge < -0.3 is 9.32 Å². The van der Waals surface area contributed by atoms with E-state index in [1.54, 1.807) is 19.3 Å². The first kappa shape index (κ1) is 17.7. The van der Waals surface area contributed by atoms with Crippen LogP contribution in [0.5, 0.6) is 0 Å². The van der Waals surface area contributed by atoms with E-state index in [2.05, 4.69) is 17.2 Å². The van der Waals surface area contributed by atoms with Gasteiger partial charge in [-0.15, -0.1) is 0 Å². The topological polar surface area (TPSA) is 72.8 Å². The fourth-order valence-electron chi connectivity index (χ4n) is 4.24. The molecule has 3 aromatic heterocycles. The van der Waals surface area contributed by atoms with Crippen LogP contribution in [0.1, 0.15) is 36.8 Å². The molecule has 1 aliphatic rings. The normalized spacial score (nSPS) is 15.0. The van der Waals surface area contributed by atoms with E-state index in [1.807, 2.05) is 34.4 Å². The molecule has 0 unspecified atom stereocenters. The minimum Gasteiger partial charge on any atom is -0.463 e. The van der Waals surface area contributed by atoms with Gasteiger partial charge in [0, 0.05) is 31.6 Å². The van der Waals surface area contributed by atoms with E-state index in [4.69, 9.17) is 4.42 Å². The predicted molar refractivity (Wildman–Crippen MR) is 109 cm³/mol. The van der Waals surface area contributed by atoms with Gasteiger partial charge in [0.15, 0.2) is 5.58 Å². The third kappa shape index (κ3) is 2.68. The summed E-state index contributed by atoms with van der Waals surface area (Å²) >= 11 is 0. The zero-order valence-corrected chi connectivity index (χ0v) is 16.5. The lowest BCUT2D eigenvalue weighted by Crippen LogP contribution is -2.43. The Morgan fingerprint density at radius 1 is 1.21 bits per heavy atom. The Kier molecular flexibility index (Phi) is 4.04. The van der Waals surface area contributed by atoms with Crippen LogP contribution >= 0.6 is 0 Å². The molecule has 1 atom stereocenters. The molecule has 148 valence electrons. The van der Waals surface area contributed by atoms with Crippen LogP contribution in [0.25, 0.3) is 16.6 Å². The van der Waals surface area contributed by atoms with Gasteiger partial charge in [0.25, 0.3) is 5.56 Å².